The second kappa shape index (κ2) is 5.71. The van der Waals surface area contributed by atoms with Crippen molar-refractivity contribution in [3.63, 3.8) is 0 Å². The number of piperazine rings is 1. The first-order chi connectivity index (χ1) is 9.33. The van der Waals surface area contributed by atoms with Crippen molar-refractivity contribution in [2.75, 3.05) is 49.9 Å². The number of piperidine rings is 1. The van der Waals surface area contributed by atoms with Crippen LogP contribution in [0.15, 0.2) is 12.4 Å². The maximum Gasteiger partial charge on any atom is 0.225 e. The average molecular weight is 262 g/mol. The van der Waals surface area contributed by atoms with Crippen LogP contribution in [0.2, 0.25) is 0 Å². The van der Waals surface area contributed by atoms with Crippen LogP contribution in [0.3, 0.4) is 0 Å². The van der Waals surface area contributed by atoms with Crippen LogP contribution in [-0.2, 0) is 0 Å². The normalized spacial score (nSPS) is 22.6. The molecule has 0 spiro atoms. The zero-order valence-electron chi connectivity index (χ0n) is 11.3. The number of rotatable bonds is 2. The summed E-state index contributed by atoms with van der Waals surface area (Å²) < 4.78 is 0. The topological polar surface area (TPSA) is 70.3 Å². The minimum absolute atomic E-state index is 0.624. The Balaban J connectivity index is 1.55. The molecule has 3 N–H and O–H groups in total. The summed E-state index contributed by atoms with van der Waals surface area (Å²) in [6, 6.07) is 0.729. The van der Waals surface area contributed by atoms with Gasteiger partial charge in [0.25, 0.3) is 0 Å². The lowest BCUT2D eigenvalue weighted by atomic mass is 10.0. The lowest BCUT2D eigenvalue weighted by molar-refractivity contribution is 0.150. The van der Waals surface area contributed by atoms with E-state index in [1.165, 1.54) is 25.9 Å². The van der Waals surface area contributed by atoms with E-state index in [1.807, 2.05) is 0 Å². The Morgan fingerprint density at radius 3 is 2.32 bits per heavy atom. The molecule has 0 atom stereocenters. The fraction of sp³-hybridized carbons (Fsp3) is 0.692. The minimum Gasteiger partial charge on any atom is -0.396 e. The molecule has 0 unspecified atom stereocenters. The van der Waals surface area contributed by atoms with Crippen molar-refractivity contribution < 1.29 is 0 Å². The highest BCUT2D eigenvalue weighted by Gasteiger charge is 2.26. The zero-order valence-corrected chi connectivity index (χ0v) is 11.3. The molecular formula is C13H22N6. The highest BCUT2D eigenvalue weighted by Crippen LogP contribution is 2.20. The first-order valence-corrected chi connectivity index (χ1v) is 7.10. The minimum atomic E-state index is 0.624. The molecule has 2 aliphatic rings. The van der Waals surface area contributed by atoms with Crippen LogP contribution in [0.25, 0.3) is 0 Å². The Labute approximate surface area is 114 Å². The number of nitrogens with zero attached hydrogens (tertiary/aromatic N) is 4. The Hall–Kier alpha value is -1.40. The van der Waals surface area contributed by atoms with Crippen LogP contribution in [0.5, 0.6) is 0 Å². The van der Waals surface area contributed by atoms with Crippen LogP contribution < -0.4 is 16.0 Å². The predicted molar refractivity (Wildman–Crippen MR) is 76.1 cm³/mol. The molecule has 3 rings (SSSR count). The number of hydrogen-bond acceptors (Lipinski definition) is 6. The molecule has 1 aromatic heterocycles. The third-order valence-corrected chi connectivity index (χ3v) is 4.07. The standard InChI is InChI=1S/C13H22N6/c14-11-9-16-13(17-10-11)19-5-1-12(2-6-19)18-7-3-15-4-8-18/h9-10,12,15H,1-8,14H2. The van der Waals surface area contributed by atoms with Crippen molar-refractivity contribution >= 4 is 11.6 Å². The molecule has 104 valence electrons. The summed E-state index contributed by atoms with van der Waals surface area (Å²) in [5, 5.41) is 3.41. The molecule has 0 saturated carbocycles. The highest BCUT2D eigenvalue weighted by atomic mass is 15.3. The summed E-state index contributed by atoms with van der Waals surface area (Å²) >= 11 is 0. The lowest BCUT2D eigenvalue weighted by Gasteiger charge is -2.40. The summed E-state index contributed by atoms with van der Waals surface area (Å²) in [7, 11) is 0. The van der Waals surface area contributed by atoms with Gasteiger partial charge in [-0.1, -0.05) is 0 Å². The summed E-state index contributed by atoms with van der Waals surface area (Å²) in [6.45, 7) is 6.70. The van der Waals surface area contributed by atoms with Gasteiger partial charge in [-0.05, 0) is 12.8 Å². The second-order valence-electron chi connectivity index (χ2n) is 5.32. The summed E-state index contributed by atoms with van der Waals surface area (Å²) in [6.07, 6.45) is 5.77. The van der Waals surface area contributed by atoms with Gasteiger partial charge in [-0.3, -0.25) is 4.90 Å². The molecule has 0 bridgehead atoms. The maximum atomic E-state index is 5.62. The summed E-state index contributed by atoms with van der Waals surface area (Å²) in [4.78, 5) is 13.5. The monoisotopic (exact) mass is 262 g/mol. The van der Waals surface area contributed by atoms with E-state index in [2.05, 4.69) is 25.1 Å². The zero-order chi connectivity index (χ0) is 13.1. The molecule has 6 heteroatoms. The van der Waals surface area contributed by atoms with Gasteiger partial charge in [0.1, 0.15) is 0 Å². The van der Waals surface area contributed by atoms with Gasteiger partial charge >= 0.3 is 0 Å². The molecule has 2 saturated heterocycles. The van der Waals surface area contributed by atoms with E-state index in [0.717, 1.165) is 38.2 Å². The third kappa shape index (κ3) is 2.96. The average Bonchev–Trinajstić information content (AvgIpc) is 2.49. The molecule has 0 aliphatic carbocycles. The number of nitrogen functional groups attached to an aromatic ring is 1. The molecule has 0 aromatic carbocycles. The first-order valence-electron chi connectivity index (χ1n) is 7.10. The van der Waals surface area contributed by atoms with Crippen LogP contribution in [0, 0.1) is 0 Å². The maximum absolute atomic E-state index is 5.62. The van der Waals surface area contributed by atoms with Crippen molar-refractivity contribution in [1.29, 1.82) is 0 Å². The number of aromatic nitrogens is 2. The van der Waals surface area contributed by atoms with Crippen molar-refractivity contribution in [2.24, 2.45) is 0 Å². The lowest BCUT2D eigenvalue weighted by Crippen LogP contribution is -2.52. The van der Waals surface area contributed by atoms with Crippen LogP contribution in [-0.4, -0.2) is 60.2 Å². The number of nitrogens with one attached hydrogen (secondary N) is 1. The van der Waals surface area contributed by atoms with E-state index in [0.29, 0.717) is 5.69 Å². The molecule has 1 aromatic rings. The quantitative estimate of drug-likeness (QED) is 0.778. The van der Waals surface area contributed by atoms with Gasteiger partial charge in [-0.15, -0.1) is 0 Å². The molecular weight excluding hydrogens is 240 g/mol. The van der Waals surface area contributed by atoms with Crippen LogP contribution in [0.4, 0.5) is 11.6 Å². The van der Waals surface area contributed by atoms with Gasteiger partial charge < -0.3 is 16.0 Å². The van der Waals surface area contributed by atoms with E-state index in [4.69, 9.17) is 5.73 Å². The number of anilines is 2. The SMILES string of the molecule is Nc1cnc(N2CCC(N3CCNCC3)CC2)nc1. The molecule has 3 heterocycles. The van der Waals surface area contributed by atoms with Crippen LogP contribution >= 0.6 is 0 Å². The fourth-order valence-corrected chi connectivity index (χ4v) is 2.97. The van der Waals surface area contributed by atoms with Crippen molar-refractivity contribution in [3.05, 3.63) is 12.4 Å². The van der Waals surface area contributed by atoms with Crippen molar-refractivity contribution in [3.8, 4) is 0 Å². The van der Waals surface area contributed by atoms with Gasteiger partial charge in [-0.2, -0.15) is 0 Å². The van der Waals surface area contributed by atoms with Crippen LogP contribution in [0.1, 0.15) is 12.8 Å². The van der Waals surface area contributed by atoms with E-state index in [9.17, 15) is 0 Å². The summed E-state index contributed by atoms with van der Waals surface area (Å²) in [5.74, 6) is 0.813. The van der Waals surface area contributed by atoms with Gasteiger partial charge in [0.2, 0.25) is 5.95 Å². The molecule has 2 fully saturated rings. The molecule has 19 heavy (non-hydrogen) atoms. The molecule has 0 radical (unpaired) electrons. The van der Waals surface area contributed by atoms with Gasteiger partial charge in [0.05, 0.1) is 18.1 Å². The predicted octanol–water partition coefficient (Wildman–Crippen LogP) is -0.0672. The van der Waals surface area contributed by atoms with Gasteiger partial charge in [0.15, 0.2) is 0 Å². The van der Waals surface area contributed by atoms with E-state index in [1.54, 1.807) is 12.4 Å². The molecule has 0 amide bonds. The number of nitrogens with two attached hydrogens (primary N) is 1. The number of hydrogen-bond donors (Lipinski definition) is 2. The highest BCUT2D eigenvalue weighted by molar-refractivity contribution is 5.38. The Bertz CT molecular complexity index is 392. The smallest absolute Gasteiger partial charge is 0.225 e. The molecule has 6 nitrogen and oxygen atoms in total. The van der Waals surface area contributed by atoms with Gasteiger partial charge in [0, 0.05) is 45.3 Å². The third-order valence-electron chi connectivity index (χ3n) is 4.07. The van der Waals surface area contributed by atoms with Crippen molar-refractivity contribution in [1.82, 2.24) is 20.2 Å². The van der Waals surface area contributed by atoms with Gasteiger partial charge in [-0.25, -0.2) is 9.97 Å². The van der Waals surface area contributed by atoms with E-state index < -0.39 is 0 Å². The fourth-order valence-electron chi connectivity index (χ4n) is 2.97. The van der Waals surface area contributed by atoms with Crippen molar-refractivity contribution in [2.45, 2.75) is 18.9 Å². The molecule has 2 aliphatic heterocycles. The Morgan fingerprint density at radius 2 is 1.68 bits per heavy atom. The van der Waals surface area contributed by atoms with E-state index >= 15 is 0 Å². The Morgan fingerprint density at radius 1 is 1.05 bits per heavy atom. The Kier molecular flexibility index (Phi) is 3.79. The summed E-state index contributed by atoms with van der Waals surface area (Å²) in [5.41, 5.74) is 6.24. The largest absolute Gasteiger partial charge is 0.396 e. The van der Waals surface area contributed by atoms with E-state index in [-0.39, 0.29) is 0 Å². The first kappa shape index (κ1) is 12.6. The second-order valence-corrected chi connectivity index (χ2v) is 5.32.